The number of amides is 6. The Hall–Kier alpha value is -4.31. The van der Waals surface area contributed by atoms with E-state index < -0.39 is 59.7 Å². The molecule has 6 amide bonds. The molecule has 15 nitrogen and oxygen atoms in total. The zero-order valence-corrected chi connectivity index (χ0v) is 21.6. The van der Waals surface area contributed by atoms with Gasteiger partial charge in [-0.2, -0.15) is 0 Å². The number of nitrogens with one attached hydrogen (secondary N) is 3. The molecule has 1 aromatic rings. The van der Waals surface area contributed by atoms with Gasteiger partial charge in [-0.3, -0.25) is 24.1 Å². The molecule has 1 saturated heterocycles. The maximum absolute atomic E-state index is 13.4. The van der Waals surface area contributed by atoms with Crippen LogP contribution < -0.4 is 21.7 Å². The van der Waals surface area contributed by atoms with Gasteiger partial charge in [-0.25, -0.2) is 9.59 Å². The molecule has 2 aliphatic heterocycles. The Kier molecular flexibility index (Phi) is 9.37. The van der Waals surface area contributed by atoms with Crippen LogP contribution in [0.2, 0.25) is 0 Å². The van der Waals surface area contributed by atoms with Crippen molar-refractivity contribution in [2.24, 2.45) is 5.73 Å². The number of primary amides is 1. The number of carbonyl (C=O) groups is 6. The van der Waals surface area contributed by atoms with Gasteiger partial charge in [-0.05, 0) is 30.2 Å². The molecule has 0 aliphatic carbocycles. The number of piperazine rings is 1. The number of rotatable bonds is 9. The number of phenols is 1. The molecular formula is C23H28N6O9S. The fourth-order valence-electron chi connectivity index (χ4n) is 3.94. The summed E-state index contributed by atoms with van der Waals surface area (Å²) in [5.74, 6) is -5.38. The number of nitrogens with zero attached hydrogens (tertiary/aromatic N) is 2. The van der Waals surface area contributed by atoms with Crippen LogP contribution in [0.1, 0.15) is 18.5 Å². The van der Waals surface area contributed by atoms with Crippen molar-refractivity contribution >= 4 is 47.4 Å². The average Bonchev–Trinajstić information content (AvgIpc) is 2.91. The lowest BCUT2D eigenvalue weighted by molar-refractivity contribution is -0.153. The highest BCUT2D eigenvalue weighted by Gasteiger charge is 2.39. The summed E-state index contributed by atoms with van der Waals surface area (Å²) in [5.41, 5.74) is 5.51. The van der Waals surface area contributed by atoms with Gasteiger partial charge in [-0.15, -0.1) is 11.8 Å². The predicted octanol–water partition coefficient (Wildman–Crippen LogP) is -2.20. The molecule has 39 heavy (non-hydrogen) atoms. The van der Waals surface area contributed by atoms with Gasteiger partial charge in [0.05, 0.1) is 6.61 Å². The first-order valence-corrected chi connectivity index (χ1v) is 12.8. The molecule has 8 N–H and O–H groups in total. The summed E-state index contributed by atoms with van der Waals surface area (Å²) in [4.78, 5) is 77.0. The normalized spacial score (nSPS) is 19.2. The zero-order chi connectivity index (χ0) is 28.9. The quantitative estimate of drug-likeness (QED) is 0.159. The number of benzene rings is 1. The highest BCUT2D eigenvalue weighted by molar-refractivity contribution is 8.00. The largest absolute Gasteiger partial charge is 0.508 e. The third-order valence-electron chi connectivity index (χ3n) is 6.08. The highest BCUT2D eigenvalue weighted by Crippen LogP contribution is 2.25. The number of aliphatic hydroxyl groups excluding tert-OH is 1. The van der Waals surface area contributed by atoms with Gasteiger partial charge < -0.3 is 41.9 Å². The van der Waals surface area contributed by atoms with Gasteiger partial charge in [0.25, 0.3) is 0 Å². The van der Waals surface area contributed by atoms with Gasteiger partial charge in [0.15, 0.2) is 0 Å². The van der Waals surface area contributed by atoms with Crippen molar-refractivity contribution in [1.29, 1.82) is 0 Å². The fourth-order valence-corrected chi connectivity index (χ4v) is 5.15. The van der Waals surface area contributed by atoms with Crippen molar-refractivity contribution in [2.45, 2.75) is 24.4 Å². The minimum Gasteiger partial charge on any atom is -0.508 e. The van der Waals surface area contributed by atoms with Crippen LogP contribution >= 0.6 is 11.8 Å². The number of thioether (sulfide) groups is 1. The van der Waals surface area contributed by atoms with E-state index in [1.165, 1.54) is 29.2 Å². The van der Waals surface area contributed by atoms with Gasteiger partial charge in [0, 0.05) is 25.4 Å². The Morgan fingerprint density at radius 3 is 2.36 bits per heavy atom. The molecule has 0 aromatic heterocycles. The lowest BCUT2D eigenvalue weighted by atomic mass is 10.0. The first-order valence-electron chi connectivity index (χ1n) is 11.7. The summed E-state index contributed by atoms with van der Waals surface area (Å²) in [6, 6.07) is 1.14. The molecule has 3 atom stereocenters. The summed E-state index contributed by atoms with van der Waals surface area (Å²) in [6.45, 7) is 1.41. The molecule has 0 saturated carbocycles. The van der Waals surface area contributed by atoms with Crippen LogP contribution in [-0.2, 0) is 24.0 Å². The van der Waals surface area contributed by atoms with E-state index in [1.807, 2.05) is 0 Å². The summed E-state index contributed by atoms with van der Waals surface area (Å²) in [5, 5.41) is 34.9. The number of aliphatic hydroxyl groups is 1. The van der Waals surface area contributed by atoms with Crippen molar-refractivity contribution in [1.82, 2.24) is 25.8 Å². The molecule has 3 unspecified atom stereocenters. The third-order valence-corrected chi connectivity index (χ3v) is 7.35. The van der Waals surface area contributed by atoms with Crippen LogP contribution in [0.5, 0.6) is 5.75 Å². The lowest BCUT2D eigenvalue weighted by Crippen LogP contribution is -2.60. The number of aliphatic carboxylic acids is 1. The molecule has 1 fully saturated rings. The second kappa shape index (κ2) is 12.5. The lowest BCUT2D eigenvalue weighted by Gasteiger charge is -2.34. The molecule has 0 spiro atoms. The molecule has 0 bridgehead atoms. The van der Waals surface area contributed by atoms with E-state index in [1.54, 1.807) is 6.92 Å². The Morgan fingerprint density at radius 2 is 1.79 bits per heavy atom. The van der Waals surface area contributed by atoms with Crippen LogP contribution in [0.25, 0.3) is 0 Å². The second-order valence-corrected chi connectivity index (χ2v) is 9.65. The van der Waals surface area contributed by atoms with E-state index in [2.05, 4.69) is 16.0 Å². The number of hydrogen-bond acceptors (Lipinski definition) is 10. The van der Waals surface area contributed by atoms with E-state index in [-0.39, 0.29) is 48.0 Å². The van der Waals surface area contributed by atoms with Crippen molar-refractivity contribution in [2.75, 3.05) is 32.0 Å². The first kappa shape index (κ1) is 29.2. The SMILES string of the molecule is CCN1CCN(C(=O)NC(C(=O)NC(C(N)=O)C2NC(C(=O)O)=C(CO)CS2)c2ccc(O)cc2)C(=O)C1=O. The van der Waals surface area contributed by atoms with E-state index in [0.717, 1.165) is 11.8 Å². The minimum absolute atomic E-state index is 0.0352. The van der Waals surface area contributed by atoms with Gasteiger partial charge in [-0.1, -0.05) is 12.1 Å². The summed E-state index contributed by atoms with van der Waals surface area (Å²) >= 11 is 1.02. The Morgan fingerprint density at radius 1 is 1.13 bits per heavy atom. The maximum Gasteiger partial charge on any atom is 0.352 e. The molecule has 0 radical (unpaired) electrons. The minimum atomic E-state index is -1.51. The number of carbonyl (C=O) groups excluding carboxylic acids is 5. The number of aromatic hydroxyl groups is 1. The summed E-state index contributed by atoms with van der Waals surface area (Å²) < 4.78 is 0. The van der Waals surface area contributed by atoms with Crippen LogP contribution in [0.15, 0.2) is 35.5 Å². The molecule has 3 rings (SSSR count). The monoisotopic (exact) mass is 564 g/mol. The van der Waals surface area contributed by atoms with Crippen molar-refractivity contribution in [3.8, 4) is 5.75 Å². The van der Waals surface area contributed by atoms with Crippen LogP contribution in [-0.4, -0.2) is 104 Å². The Bertz CT molecular complexity index is 1200. The van der Waals surface area contributed by atoms with E-state index in [4.69, 9.17) is 5.73 Å². The van der Waals surface area contributed by atoms with Crippen molar-refractivity contribution in [3.63, 3.8) is 0 Å². The summed E-state index contributed by atoms with van der Waals surface area (Å²) in [7, 11) is 0. The molecular weight excluding hydrogens is 536 g/mol. The van der Waals surface area contributed by atoms with Gasteiger partial charge in [0.2, 0.25) is 11.8 Å². The second-order valence-electron chi connectivity index (χ2n) is 8.52. The van der Waals surface area contributed by atoms with Crippen LogP contribution in [0.4, 0.5) is 4.79 Å². The number of carboxylic acid groups (broad SMARTS) is 1. The Balaban J connectivity index is 1.85. The maximum atomic E-state index is 13.4. The van der Waals surface area contributed by atoms with Gasteiger partial charge >= 0.3 is 23.8 Å². The van der Waals surface area contributed by atoms with E-state index >= 15 is 0 Å². The van der Waals surface area contributed by atoms with Gasteiger partial charge in [0.1, 0.15) is 28.9 Å². The summed E-state index contributed by atoms with van der Waals surface area (Å²) in [6.07, 6.45) is 0. The topological polar surface area (TPSA) is 232 Å². The predicted molar refractivity (Wildman–Crippen MR) is 136 cm³/mol. The van der Waals surface area contributed by atoms with Crippen molar-refractivity contribution in [3.05, 3.63) is 41.1 Å². The number of urea groups is 1. The standard InChI is InChI=1S/C23H28N6O9S/c1-2-28-7-8-29(21(35)20(28)34)23(38)27-14(11-3-5-13(31)6-4-11)18(33)25-16(17(24)32)19-26-15(22(36)37)12(9-30)10-39-19/h3-6,14,16,19,26,30-31H,2,7-10H2,1H3,(H2,24,32)(H,25,33)(H,27,38)(H,36,37). The van der Waals surface area contributed by atoms with E-state index in [0.29, 0.717) is 4.90 Å². The number of nitrogens with two attached hydrogens (primary N) is 1. The number of phenolic OH excluding ortho intramolecular Hbond substituents is 1. The molecule has 2 aliphatic rings. The van der Waals surface area contributed by atoms with E-state index in [9.17, 15) is 44.1 Å². The van der Waals surface area contributed by atoms with Crippen molar-refractivity contribution < 1.29 is 44.1 Å². The number of hydrogen-bond donors (Lipinski definition) is 7. The molecule has 1 aromatic carbocycles. The fraction of sp³-hybridized carbons (Fsp3) is 0.391. The third kappa shape index (κ3) is 6.58. The first-order chi connectivity index (χ1) is 18.5. The highest BCUT2D eigenvalue weighted by atomic mass is 32.2. The molecule has 2 heterocycles. The van der Waals surface area contributed by atoms with Crippen LogP contribution in [0.3, 0.4) is 0 Å². The number of imide groups is 1. The Labute approximate surface area is 226 Å². The number of likely N-dealkylation sites (N-methyl/N-ethyl adjacent to an activating group) is 1. The van der Waals surface area contributed by atoms with Crippen LogP contribution in [0, 0.1) is 0 Å². The molecule has 16 heteroatoms. The zero-order valence-electron chi connectivity index (χ0n) is 20.7. The average molecular weight is 565 g/mol. The molecule has 210 valence electrons. The number of carboxylic acids is 1. The smallest absolute Gasteiger partial charge is 0.352 e.